The van der Waals surface area contributed by atoms with Gasteiger partial charge >= 0.3 is 11.9 Å². The molecule has 5 rings (SSSR count). The van der Waals surface area contributed by atoms with E-state index in [2.05, 4.69) is 18.2 Å². The highest BCUT2D eigenvalue weighted by atomic mass is 16.6. The van der Waals surface area contributed by atoms with Gasteiger partial charge in [-0.2, -0.15) is 0 Å². The monoisotopic (exact) mass is 324 g/mol. The summed E-state index contributed by atoms with van der Waals surface area (Å²) in [5, 5.41) is 0. The van der Waals surface area contributed by atoms with Gasteiger partial charge in [0.2, 0.25) is 0 Å². The van der Waals surface area contributed by atoms with Gasteiger partial charge in [-0.25, -0.2) is 0 Å². The fourth-order valence-electron chi connectivity index (χ4n) is 5.00. The Morgan fingerprint density at radius 1 is 1.08 bits per heavy atom. The maximum Gasteiger partial charge on any atom is 0.321 e. The third-order valence-electron chi connectivity index (χ3n) is 6.07. The van der Waals surface area contributed by atoms with Gasteiger partial charge in [0.05, 0.1) is 17.9 Å². The van der Waals surface area contributed by atoms with E-state index < -0.39 is 11.5 Å². The highest BCUT2D eigenvalue weighted by Crippen LogP contribution is 2.60. The lowest BCUT2D eigenvalue weighted by Crippen LogP contribution is -2.44. The summed E-state index contributed by atoms with van der Waals surface area (Å²) < 4.78 is 11.5. The van der Waals surface area contributed by atoms with Crippen LogP contribution in [0.5, 0.6) is 0 Å². The highest BCUT2D eigenvalue weighted by Gasteiger charge is 2.64. The van der Waals surface area contributed by atoms with Crippen LogP contribution in [0.3, 0.4) is 0 Å². The molecule has 0 unspecified atom stereocenters. The minimum absolute atomic E-state index is 0.0404. The van der Waals surface area contributed by atoms with Crippen molar-refractivity contribution in [3.8, 4) is 0 Å². The van der Waals surface area contributed by atoms with Crippen molar-refractivity contribution in [3.63, 3.8) is 0 Å². The Hall–Kier alpha value is -1.94. The Morgan fingerprint density at radius 3 is 2.54 bits per heavy atom. The number of esters is 2. The van der Waals surface area contributed by atoms with E-state index in [0.717, 1.165) is 30.4 Å². The third-order valence-corrected chi connectivity index (χ3v) is 6.07. The molecule has 2 aliphatic heterocycles. The SMILES string of the molecule is C[C@H]1C[C@H]2[C@@H]3C(=O)OC(=O)[C@@H]3C(C3CC3)=C[C@@]2(c2ccccc2)O1. The van der Waals surface area contributed by atoms with Crippen LogP contribution in [0, 0.1) is 23.7 Å². The Balaban J connectivity index is 1.73. The zero-order chi connectivity index (χ0) is 16.5. The number of hydrogen-bond donors (Lipinski definition) is 0. The van der Waals surface area contributed by atoms with Gasteiger partial charge in [-0.05, 0) is 43.7 Å². The number of benzene rings is 1. The average molecular weight is 324 g/mol. The van der Waals surface area contributed by atoms with Crippen LogP contribution in [0.2, 0.25) is 0 Å². The molecule has 3 fully saturated rings. The van der Waals surface area contributed by atoms with Crippen molar-refractivity contribution in [1.29, 1.82) is 0 Å². The number of fused-ring (bicyclic) bond motifs is 3. The Labute approximate surface area is 140 Å². The number of cyclic esters (lactones) is 2. The minimum atomic E-state index is -0.608. The predicted octanol–water partition coefficient (Wildman–Crippen LogP) is 2.97. The van der Waals surface area contributed by atoms with Crippen molar-refractivity contribution < 1.29 is 19.1 Å². The van der Waals surface area contributed by atoms with Gasteiger partial charge < -0.3 is 9.47 Å². The normalized spacial score (nSPS) is 40.8. The van der Waals surface area contributed by atoms with E-state index in [0.29, 0.717) is 5.92 Å². The standard InChI is InChI=1S/C20H20O4/c1-11-9-15-17-16(18(21)23-19(17)22)14(12-7-8-12)10-20(15,24-11)13-5-3-2-4-6-13/h2-6,10-12,15-17H,7-9H2,1H3/t11-,15-,16+,17-,20-/m0/s1. The predicted molar refractivity (Wildman–Crippen MR) is 85.7 cm³/mol. The summed E-state index contributed by atoms with van der Waals surface area (Å²) in [6.45, 7) is 2.05. The lowest BCUT2D eigenvalue weighted by atomic mass is 9.63. The molecule has 24 heavy (non-hydrogen) atoms. The van der Waals surface area contributed by atoms with E-state index in [1.807, 2.05) is 25.1 Å². The molecule has 4 nitrogen and oxygen atoms in total. The van der Waals surface area contributed by atoms with Crippen molar-refractivity contribution >= 4 is 11.9 Å². The second-order valence-electron chi connectivity index (χ2n) is 7.59. The van der Waals surface area contributed by atoms with Crippen molar-refractivity contribution in [2.45, 2.75) is 37.9 Å². The van der Waals surface area contributed by atoms with Gasteiger partial charge in [-0.15, -0.1) is 0 Å². The number of hydrogen-bond acceptors (Lipinski definition) is 4. The number of ether oxygens (including phenoxy) is 2. The first-order valence-corrected chi connectivity index (χ1v) is 8.81. The second-order valence-corrected chi connectivity index (χ2v) is 7.59. The van der Waals surface area contributed by atoms with Gasteiger partial charge in [-0.3, -0.25) is 9.59 Å². The largest absolute Gasteiger partial charge is 0.392 e. The Bertz CT molecular complexity index is 748. The maximum atomic E-state index is 12.5. The van der Waals surface area contributed by atoms with Gasteiger partial charge in [-0.1, -0.05) is 35.9 Å². The molecule has 2 saturated heterocycles. The highest BCUT2D eigenvalue weighted by molar-refractivity contribution is 5.99. The zero-order valence-electron chi connectivity index (χ0n) is 13.6. The molecule has 2 aliphatic carbocycles. The van der Waals surface area contributed by atoms with Crippen LogP contribution in [0.1, 0.15) is 31.7 Å². The molecular weight excluding hydrogens is 304 g/mol. The molecule has 1 aromatic rings. The van der Waals surface area contributed by atoms with Crippen LogP contribution in [0.25, 0.3) is 0 Å². The van der Waals surface area contributed by atoms with Crippen LogP contribution in [0.4, 0.5) is 0 Å². The maximum absolute atomic E-state index is 12.5. The summed E-state index contributed by atoms with van der Waals surface area (Å²) in [5.74, 6) is -1.15. The first-order valence-electron chi connectivity index (χ1n) is 8.81. The summed E-state index contributed by atoms with van der Waals surface area (Å²) in [5.41, 5.74) is 1.54. The first-order chi connectivity index (χ1) is 11.6. The molecule has 5 atom stereocenters. The molecule has 124 valence electrons. The second kappa shape index (κ2) is 4.79. The summed E-state index contributed by atoms with van der Waals surface area (Å²) in [6.07, 6.45) is 5.17. The quantitative estimate of drug-likeness (QED) is 0.477. The molecule has 4 heteroatoms. The molecule has 1 aromatic carbocycles. The summed E-state index contributed by atoms with van der Waals surface area (Å²) >= 11 is 0. The molecule has 0 radical (unpaired) electrons. The van der Waals surface area contributed by atoms with E-state index in [1.54, 1.807) is 0 Å². The lowest BCUT2D eigenvalue weighted by Gasteiger charge is -2.41. The van der Waals surface area contributed by atoms with Gasteiger partial charge in [0.15, 0.2) is 0 Å². The van der Waals surface area contributed by atoms with E-state index in [4.69, 9.17) is 9.47 Å². The number of rotatable bonds is 2. The molecule has 4 aliphatic rings. The van der Waals surface area contributed by atoms with E-state index in [9.17, 15) is 9.59 Å². The zero-order valence-corrected chi connectivity index (χ0v) is 13.6. The first kappa shape index (κ1) is 14.4. The minimum Gasteiger partial charge on any atom is -0.392 e. The molecule has 0 amide bonds. The van der Waals surface area contributed by atoms with E-state index in [-0.39, 0.29) is 29.9 Å². The molecule has 2 heterocycles. The average Bonchev–Trinajstić information content (AvgIpc) is 3.29. The van der Waals surface area contributed by atoms with E-state index in [1.165, 1.54) is 0 Å². The van der Waals surface area contributed by atoms with Crippen LogP contribution in [0.15, 0.2) is 42.0 Å². The molecule has 1 saturated carbocycles. The van der Waals surface area contributed by atoms with Crippen LogP contribution < -0.4 is 0 Å². The fraction of sp³-hybridized carbons (Fsp3) is 0.500. The van der Waals surface area contributed by atoms with E-state index >= 15 is 0 Å². The molecule has 0 N–H and O–H groups in total. The Kier molecular flexibility index (Phi) is 2.88. The van der Waals surface area contributed by atoms with Crippen LogP contribution >= 0.6 is 0 Å². The Morgan fingerprint density at radius 2 is 1.83 bits per heavy atom. The topological polar surface area (TPSA) is 52.6 Å². The van der Waals surface area contributed by atoms with Crippen LogP contribution in [-0.2, 0) is 24.7 Å². The smallest absolute Gasteiger partial charge is 0.321 e. The molecule has 0 aromatic heterocycles. The number of carbonyl (C=O) groups excluding carboxylic acids is 2. The third kappa shape index (κ3) is 1.83. The van der Waals surface area contributed by atoms with Crippen molar-refractivity contribution in [2.24, 2.45) is 23.7 Å². The lowest BCUT2D eigenvalue weighted by molar-refractivity contribution is -0.154. The van der Waals surface area contributed by atoms with Crippen LogP contribution in [-0.4, -0.2) is 18.0 Å². The summed E-state index contributed by atoms with van der Waals surface area (Å²) in [7, 11) is 0. The fourth-order valence-corrected chi connectivity index (χ4v) is 5.00. The molecular formula is C20H20O4. The van der Waals surface area contributed by atoms with Gasteiger partial charge in [0.1, 0.15) is 5.60 Å². The summed E-state index contributed by atoms with van der Waals surface area (Å²) in [4.78, 5) is 24.9. The van der Waals surface area contributed by atoms with Crippen molar-refractivity contribution in [2.75, 3.05) is 0 Å². The molecule has 0 spiro atoms. The van der Waals surface area contributed by atoms with Gasteiger partial charge in [0, 0.05) is 5.92 Å². The number of carbonyl (C=O) groups is 2. The molecule has 0 bridgehead atoms. The summed E-state index contributed by atoms with van der Waals surface area (Å²) in [6, 6.07) is 10.1. The van der Waals surface area contributed by atoms with Crippen molar-refractivity contribution in [1.82, 2.24) is 0 Å². The van der Waals surface area contributed by atoms with Gasteiger partial charge in [0.25, 0.3) is 0 Å². The van der Waals surface area contributed by atoms with Crippen molar-refractivity contribution in [3.05, 3.63) is 47.5 Å².